The normalized spacial score (nSPS) is 20.6. The molecule has 80 valence electrons. The first-order chi connectivity index (χ1) is 6.70. The van der Waals surface area contributed by atoms with E-state index >= 15 is 0 Å². The Labute approximate surface area is 87.3 Å². The van der Waals surface area contributed by atoms with Gasteiger partial charge in [0.15, 0.2) is 0 Å². The van der Waals surface area contributed by atoms with E-state index in [4.69, 9.17) is 9.47 Å². The smallest absolute Gasteiger partial charge is 0.319 e. The van der Waals surface area contributed by atoms with Gasteiger partial charge in [0.1, 0.15) is 5.25 Å². The van der Waals surface area contributed by atoms with Crippen molar-refractivity contribution in [2.24, 2.45) is 0 Å². The van der Waals surface area contributed by atoms with E-state index in [2.05, 4.69) is 0 Å². The number of hydrogen-bond acceptors (Lipinski definition) is 5. The molecule has 1 unspecified atom stereocenters. The molecule has 0 aromatic heterocycles. The molecule has 1 aliphatic rings. The predicted molar refractivity (Wildman–Crippen MR) is 53.1 cm³/mol. The fourth-order valence-electron chi connectivity index (χ4n) is 1.13. The zero-order valence-corrected chi connectivity index (χ0v) is 8.97. The molecule has 1 rings (SSSR count). The summed E-state index contributed by atoms with van der Waals surface area (Å²) in [6.45, 7) is 2.37. The van der Waals surface area contributed by atoms with Gasteiger partial charge < -0.3 is 9.47 Å². The highest BCUT2D eigenvalue weighted by Crippen LogP contribution is 2.22. The quantitative estimate of drug-likeness (QED) is 0.509. The van der Waals surface area contributed by atoms with Crippen LogP contribution in [0, 0.1) is 0 Å². The van der Waals surface area contributed by atoms with Crippen LogP contribution in [0.3, 0.4) is 0 Å². The van der Waals surface area contributed by atoms with Crippen LogP contribution in [0.5, 0.6) is 0 Å². The van der Waals surface area contributed by atoms with Gasteiger partial charge in [-0.1, -0.05) is 0 Å². The molecule has 1 saturated heterocycles. The summed E-state index contributed by atoms with van der Waals surface area (Å²) >= 11 is 1.58. The summed E-state index contributed by atoms with van der Waals surface area (Å²) in [7, 11) is 0. The molecule has 0 aromatic carbocycles. The van der Waals surface area contributed by atoms with Gasteiger partial charge in [-0.2, -0.15) is 0 Å². The number of cyclic esters (lactones) is 1. The summed E-state index contributed by atoms with van der Waals surface area (Å²) in [5, 5.41) is -0.00710. The molecule has 0 bridgehead atoms. The van der Waals surface area contributed by atoms with Gasteiger partial charge in [0, 0.05) is 13.3 Å². The molecule has 1 aliphatic heterocycles. The van der Waals surface area contributed by atoms with E-state index in [1.54, 1.807) is 11.8 Å². The number of carbonyl (C=O) groups excluding carboxylic acids is 2. The summed E-state index contributed by atoms with van der Waals surface area (Å²) in [6, 6.07) is 0. The van der Waals surface area contributed by atoms with Crippen LogP contribution in [0.2, 0.25) is 0 Å². The van der Waals surface area contributed by atoms with Gasteiger partial charge in [0.25, 0.3) is 0 Å². The molecule has 0 spiro atoms. The van der Waals surface area contributed by atoms with E-state index < -0.39 is 0 Å². The number of hydrogen-bond donors (Lipinski definition) is 0. The van der Waals surface area contributed by atoms with Crippen LogP contribution in [0.1, 0.15) is 19.8 Å². The first-order valence-electron chi connectivity index (χ1n) is 4.62. The van der Waals surface area contributed by atoms with Crippen LogP contribution in [-0.2, 0) is 19.1 Å². The summed E-state index contributed by atoms with van der Waals surface area (Å²) < 4.78 is 9.58. The van der Waals surface area contributed by atoms with Gasteiger partial charge in [-0.3, -0.25) is 9.59 Å². The predicted octanol–water partition coefficient (Wildman–Crippen LogP) is 0.988. The fourth-order valence-corrected chi connectivity index (χ4v) is 2.17. The van der Waals surface area contributed by atoms with Crippen LogP contribution in [0.4, 0.5) is 0 Å². The highest BCUT2D eigenvalue weighted by Gasteiger charge is 2.26. The van der Waals surface area contributed by atoms with Crippen LogP contribution >= 0.6 is 11.8 Å². The SMILES string of the molecule is CC(=O)OCCCSC1CCOC1=O. The highest BCUT2D eigenvalue weighted by molar-refractivity contribution is 8.00. The first-order valence-corrected chi connectivity index (χ1v) is 5.66. The zero-order chi connectivity index (χ0) is 10.4. The monoisotopic (exact) mass is 218 g/mol. The van der Waals surface area contributed by atoms with Gasteiger partial charge in [-0.25, -0.2) is 0 Å². The molecule has 4 nitrogen and oxygen atoms in total. The van der Waals surface area contributed by atoms with Crippen molar-refractivity contribution in [3.05, 3.63) is 0 Å². The molecule has 0 aliphatic carbocycles. The molecule has 0 N–H and O–H groups in total. The molecule has 0 saturated carbocycles. The lowest BCUT2D eigenvalue weighted by Crippen LogP contribution is -2.11. The van der Waals surface area contributed by atoms with E-state index in [9.17, 15) is 9.59 Å². The zero-order valence-electron chi connectivity index (χ0n) is 8.15. The fraction of sp³-hybridized carbons (Fsp3) is 0.778. The Bertz CT molecular complexity index is 217. The molecule has 1 fully saturated rings. The van der Waals surface area contributed by atoms with Gasteiger partial charge in [0.2, 0.25) is 0 Å². The Balaban J connectivity index is 1.98. The van der Waals surface area contributed by atoms with Crippen molar-refractivity contribution >= 4 is 23.7 Å². The number of ether oxygens (including phenoxy) is 2. The second-order valence-corrected chi connectivity index (χ2v) is 4.32. The molecule has 0 amide bonds. The average molecular weight is 218 g/mol. The van der Waals surface area contributed by atoms with Gasteiger partial charge >= 0.3 is 11.9 Å². The van der Waals surface area contributed by atoms with Crippen molar-refractivity contribution in [3.8, 4) is 0 Å². The summed E-state index contributed by atoms with van der Waals surface area (Å²) in [5.41, 5.74) is 0. The molecule has 1 atom stereocenters. The Hall–Kier alpha value is -0.710. The maximum atomic E-state index is 11.0. The van der Waals surface area contributed by atoms with E-state index in [0.717, 1.165) is 18.6 Å². The third-order valence-corrected chi connectivity index (χ3v) is 3.16. The van der Waals surface area contributed by atoms with Crippen LogP contribution in [0.25, 0.3) is 0 Å². The number of rotatable bonds is 5. The minimum absolute atomic E-state index is 0.00710. The second-order valence-electron chi connectivity index (χ2n) is 3.01. The van der Waals surface area contributed by atoms with Crippen molar-refractivity contribution < 1.29 is 19.1 Å². The minimum Gasteiger partial charge on any atom is -0.466 e. The lowest BCUT2D eigenvalue weighted by molar-refractivity contribution is -0.141. The largest absolute Gasteiger partial charge is 0.466 e. The van der Waals surface area contributed by atoms with Gasteiger partial charge in [-0.05, 0) is 12.2 Å². The average Bonchev–Trinajstić information content (AvgIpc) is 2.51. The number of carbonyl (C=O) groups is 2. The summed E-state index contributed by atoms with van der Waals surface area (Å²) in [4.78, 5) is 21.4. The van der Waals surface area contributed by atoms with Crippen molar-refractivity contribution in [2.45, 2.75) is 25.0 Å². The summed E-state index contributed by atoms with van der Waals surface area (Å²) in [6.07, 6.45) is 1.59. The van der Waals surface area contributed by atoms with Crippen molar-refractivity contribution in [1.29, 1.82) is 0 Å². The molecule has 0 aromatic rings. The Morgan fingerprint density at radius 2 is 2.50 bits per heavy atom. The van der Waals surface area contributed by atoms with Crippen molar-refractivity contribution in [3.63, 3.8) is 0 Å². The molecule has 5 heteroatoms. The van der Waals surface area contributed by atoms with Crippen molar-refractivity contribution in [2.75, 3.05) is 19.0 Å². The molecule has 14 heavy (non-hydrogen) atoms. The third kappa shape index (κ3) is 4.00. The first kappa shape index (κ1) is 11.4. The highest BCUT2D eigenvalue weighted by atomic mass is 32.2. The maximum Gasteiger partial charge on any atom is 0.319 e. The van der Waals surface area contributed by atoms with E-state index in [0.29, 0.717) is 13.2 Å². The number of thioether (sulfide) groups is 1. The molecular weight excluding hydrogens is 204 g/mol. The van der Waals surface area contributed by atoms with Crippen LogP contribution in [0.15, 0.2) is 0 Å². The Morgan fingerprint density at radius 3 is 3.07 bits per heavy atom. The van der Waals surface area contributed by atoms with Crippen LogP contribution in [-0.4, -0.2) is 36.2 Å². The lowest BCUT2D eigenvalue weighted by atomic mass is 10.4. The standard InChI is InChI=1S/C9H14O4S/c1-7(10)12-4-2-6-14-8-3-5-13-9(8)11/h8H,2-6H2,1H3. The molecule has 1 heterocycles. The van der Waals surface area contributed by atoms with Crippen LogP contribution < -0.4 is 0 Å². The maximum absolute atomic E-state index is 11.0. The molecular formula is C9H14O4S. The van der Waals surface area contributed by atoms with Gasteiger partial charge in [-0.15, -0.1) is 11.8 Å². The van der Waals surface area contributed by atoms with E-state index in [1.807, 2.05) is 0 Å². The lowest BCUT2D eigenvalue weighted by Gasteiger charge is -2.05. The third-order valence-electron chi connectivity index (χ3n) is 1.80. The van der Waals surface area contributed by atoms with Crippen molar-refractivity contribution in [1.82, 2.24) is 0 Å². The van der Waals surface area contributed by atoms with E-state index in [1.165, 1.54) is 6.92 Å². The second kappa shape index (κ2) is 5.90. The minimum atomic E-state index is -0.254. The Kier molecular flexibility index (Phi) is 4.79. The van der Waals surface area contributed by atoms with Gasteiger partial charge in [0.05, 0.1) is 13.2 Å². The summed E-state index contributed by atoms with van der Waals surface area (Å²) in [5.74, 6) is 0.463. The van der Waals surface area contributed by atoms with E-state index in [-0.39, 0.29) is 17.2 Å². The molecule has 0 radical (unpaired) electrons. The number of esters is 2. The Morgan fingerprint density at radius 1 is 1.71 bits per heavy atom. The topological polar surface area (TPSA) is 52.6 Å².